The van der Waals surface area contributed by atoms with Gasteiger partial charge in [0, 0.05) is 0 Å². The van der Waals surface area contributed by atoms with Crippen LogP contribution in [0.25, 0.3) is 76.8 Å². The molecule has 42 heavy (non-hydrogen) atoms. The predicted molar refractivity (Wildman–Crippen MR) is 181 cm³/mol. The lowest BCUT2D eigenvalue weighted by Gasteiger charge is -2.19. The zero-order valence-electron chi connectivity index (χ0n) is 23.2. The summed E-state index contributed by atoms with van der Waals surface area (Å²) in [5, 5.41) is 7.62. The molecule has 0 N–H and O–H groups in total. The van der Waals surface area contributed by atoms with Crippen molar-refractivity contribution in [2.75, 3.05) is 0 Å². The zero-order chi connectivity index (χ0) is 27.9. The Kier molecular flexibility index (Phi) is 5.90. The van der Waals surface area contributed by atoms with Crippen molar-refractivity contribution in [1.29, 1.82) is 0 Å². The highest BCUT2D eigenvalue weighted by Gasteiger charge is 2.17. The van der Waals surface area contributed by atoms with E-state index in [1.807, 2.05) is 0 Å². The minimum Gasteiger partial charge on any atom is -0.0622 e. The number of hydrogen-bond donors (Lipinski definition) is 0. The fourth-order valence-electron chi connectivity index (χ4n) is 6.41. The standard InChI is InChI=1S/C42H28/c1-3-11-29(12-4-1)36-25-26-39-40(28-36)42(38-18-10-9-17-37(38)41(39)32-14-5-2-6-15-32)33-22-19-31(20-23-33)35-24-21-30-13-7-8-16-34(30)27-35/h1-28H. The van der Waals surface area contributed by atoms with E-state index in [9.17, 15) is 0 Å². The molecule has 0 bridgehead atoms. The molecule has 0 saturated heterocycles. The number of fused-ring (bicyclic) bond motifs is 3. The van der Waals surface area contributed by atoms with Crippen LogP contribution in [-0.2, 0) is 0 Å². The number of benzene rings is 8. The first-order valence-electron chi connectivity index (χ1n) is 14.5. The fraction of sp³-hybridized carbons (Fsp3) is 0. The van der Waals surface area contributed by atoms with Gasteiger partial charge in [0.05, 0.1) is 0 Å². The molecule has 0 heterocycles. The number of rotatable bonds is 4. The van der Waals surface area contributed by atoms with Gasteiger partial charge in [0.2, 0.25) is 0 Å². The van der Waals surface area contributed by atoms with Crippen molar-refractivity contribution in [1.82, 2.24) is 0 Å². The van der Waals surface area contributed by atoms with E-state index in [0.717, 1.165) is 0 Å². The van der Waals surface area contributed by atoms with E-state index in [2.05, 4.69) is 170 Å². The third-order valence-corrected chi connectivity index (χ3v) is 8.45. The molecule has 0 spiro atoms. The van der Waals surface area contributed by atoms with Crippen LogP contribution in [0.15, 0.2) is 170 Å². The maximum atomic E-state index is 2.39. The van der Waals surface area contributed by atoms with Gasteiger partial charge >= 0.3 is 0 Å². The molecular weight excluding hydrogens is 504 g/mol. The summed E-state index contributed by atoms with van der Waals surface area (Å²) >= 11 is 0. The van der Waals surface area contributed by atoms with Gasteiger partial charge < -0.3 is 0 Å². The average molecular weight is 533 g/mol. The average Bonchev–Trinajstić information content (AvgIpc) is 3.07. The molecule has 0 unspecified atom stereocenters. The summed E-state index contributed by atoms with van der Waals surface area (Å²) in [6.07, 6.45) is 0. The van der Waals surface area contributed by atoms with Crippen LogP contribution in [0.5, 0.6) is 0 Å². The van der Waals surface area contributed by atoms with E-state index in [1.165, 1.54) is 76.8 Å². The van der Waals surface area contributed by atoms with E-state index >= 15 is 0 Å². The van der Waals surface area contributed by atoms with Crippen molar-refractivity contribution >= 4 is 32.3 Å². The van der Waals surface area contributed by atoms with Gasteiger partial charge in [0.1, 0.15) is 0 Å². The first-order valence-corrected chi connectivity index (χ1v) is 14.5. The Morgan fingerprint density at radius 3 is 1.36 bits per heavy atom. The summed E-state index contributed by atoms with van der Waals surface area (Å²) in [7, 11) is 0. The van der Waals surface area contributed by atoms with Crippen LogP contribution in [0.4, 0.5) is 0 Å². The molecule has 8 rings (SSSR count). The molecule has 196 valence electrons. The summed E-state index contributed by atoms with van der Waals surface area (Å²) in [4.78, 5) is 0. The fourth-order valence-corrected chi connectivity index (χ4v) is 6.41. The van der Waals surface area contributed by atoms with Crippen LogP contribution in [0.2, 0.25) is 0 Å². The van der Waals surface area contributed by atoms with Crippen molar-refractivity contribution < 1.29 is 0 Å². The van der Waals surface area contributed by atoms with Crippen LogP contribution in [0.3, 0.4) is 0 Å². The molecule has 0 atom stereocenters. The minimum atomic E-state index is 1.23. The monoisotopic (exact) mass is 532 g/mol. The van der Waals surface area contributed by atoms with Gasteiger partial charge in [-0.25, -0.2) is 0 Å². The largest absolute Gasteiger partial charge is 0.0622 e. The van der Waals surface area contributed by atoms with Gasteiger partial charge in [-0.2, -0.15) is 0 Å². The molecule has 0 aliphatic rings. The van der Waals surface area contributed by atoms with Crippen molar-refractivity contribution in [3.05, 3.63) is 170 Å². The van der Waals surface area contributed by atoms with Crippen molar-refractivity contribution in [2.45, 2.75) is 0 Å². The topological polar surface area (TPSA) is 0 Å². The molecule has 0 saturated carbocycles. The molecule has 0 aliphatic heterocycles. The smallest absolute Gasteiger partial charge is 0.00261 e. The molecule has 0 amide bonds. The maximum absolute atomic E-state index is 2.39. The van der Waals surface area contributed by atoms with Gasteiger partial charge in [0.15, 0.2) is 0 Å². The van der Waals surface area contributed by atoms with Crippen molar-refractivity contribution in [2.24, 2.45) is 0 Å². The van der Waals surface area contributed by atoms with Gasteiger partial charge in [-0.05, 0) is 89.0 Å². The summed E-state index contributed by atoms with van der Waals surface area (Å²) in [6, 6.07) is 61.8. The molecule has 0 aromatic heterocycles. The molecule has 8 aromatic carbocycles. The first kappa shape index (κ1) is 24.3. The molecule has 8 aromatic rings. The Balaban J connectivity index is 1.38. The van der Waals surface area contributed by atoms with Gasteiger partial charge in [-0.15, -0.1) is 0 Å². The summed E-state index contributed by atoms with van der Waals surface area (Å²) in [6.45, 7) is 0. The van der Waals surface area contributed by atoms with Crippen LogP contribution in [0, 0.1) is 0 Å². The second kappa shape index (κ2) is 10.2. The van der Waals surface area contributed by atoms with Crippen LogP contribution >= 0.6 is 0 Å². The highest BCUT2D eigenvalue weighted by molar-refractivity contribution is 6.22. The van der Waals surface area contributed by atoms with Crippen LogP contribution < -0.4 is 0 Å². The van der Waals surface area contributed by atoms with E-state index in [4.69, 9.17) is 0 Å². The summed E-state index contributed by atoms with van der Waals surface area (Å²) < 4.78 is 0. The van der Waals surface area contributed by atoms with Crippen molar-refractivity contribution in [3.63, 3.8) is 0 Å². The highest BCUT2D eigenvalue weighted by atomic mass is 14.2. The quantitative estimate of drug-likeness (QED) is 0.198. The maximum Gasteiger partial charge on any atom is -0.00261 e. The van der Waals surface area contributed by atoms with Crippen LogP contribution in [0.1, 0.15) is 0 Å². The molecule has 0 heteroatoms. The minimum absolute atomic E-state index is 1.23. The Bertz CT molecular complexity index is 2210. The molecular formula is C42H28. The van der Waals surface area contributed by atoms with E-state index in [-0.39, 0.29) is 0 Å². The molecule has 0 radical (unpaired) electrons. The van der Waals surface area contributed by atoms with Crippen LogP contribution in [-0.4, -0.2) is 0 Å². The summed E-state index contributed by atoms with van der Waals surface area (Å²) in [5.74, 6) is 0. The Morgan fingerprint density at radius 2 is 0.643 bits per heavy atom. The van der Waals surface area contributed by atoms with Crippen molar-refractivity contribution in [3.8, 4) is 44.5 Å². The van der Waals surface area contributed by atoms with Gasteiger partial charge in [0.25, 0.3) is 0 Å². The lowest BCUT2D eigenvalue weighted by Crippen LogP contribution is -1.92. The van der Waals surface area contributed by atoms with Gasteiger partial charge in [-0.3, -0.25) is 0 Å². The normalized spacial score (nSPS) is 11.3. The second-order valence-electron chi connectivity index (χ2n) is 10.9. The summed E-state index contributed by atoms with van der Waals surface area (Å²) in [5.41, 5.74) is 9.96. The lowest BCUT2D eigenvalue weighted by atomic mass is 9.84. The molecule has 0 fully saturated rings. The lowest BCUT2D eigenvalue weighted by molar-refractivity contribution is 1.62. The third-order valence-electron chi connectivity index (χ3n) is 8.45. The second-order valence-corrected chi connectivity index (χ2v) is 10.9. The highest BCUT2D eigenvalue weighted by Crippen LogP contribution is 2.45. The predicted octanol–water partition coefficient (Wildman–Crippen LogP) is 11.8. The Labute approximate surface area is 246 Å². The van der Waals surface area contributed by atoms with E-state index in [1.54, 1.807) is 0 Å². The Morgan fingerprint density at radius 1 is 0.214 bits per heavy atom. The van der Waals surface area contributed by atoms with E-state index < -0.39 is 0 Å². The molecule has 0 nitrogen and oxygen atoms in total. The SMILES string of the molecule is c1ccc(-c2ccc3c(-c4ccccc4)c4ccccc4c(-c4ccc(-c5ccc6ccccc6c5)cc4)c3c2)cc1. The first-order chi connectivity index (χ1) is 20.8. The van der Waals surface area contributed by atoms with E-state index in [0.29, 0.717) is 0 Å². The zero-order valence-corrected chi connectivity index (χ0v) is 23.2. The van der Waals surface area contributed by atoms with Gasteiger partial charge in [-0.1, -0.05) is 158 Å². The third kappa shape index (κ3) is 4.17. The molecule has 0 aliphatic carbocycles. The number of hydrogen-bond acceptors (Lipinski definition) is 0. The Hall–Kier alpha value is -5.46.